The van der Waals surface area contributed by atoms with Crippen LogP contribution < -0.4 is 5.32 Å². The van der Waals surface area contributed by atoms with E-state index in [1.807, 2.05) is 13.0 Å². The molecule has 0 saturated carbocycles. The van der Waals surface area contributed by atoms with Crippen LogP contribution >= 0.6 is 0 Å². The Hall–Kier alpha value is -1.84. The SMILES string of the molecule is CCCC[C@H](NC(=O)CC1CCc2ccccc2C1)C(=O)O. The molecule has 0 bridgehead atoms. The van der Waals surface area contributed by atoms with Crippen LogP contribution in [0.25, 0.3) is 0 Å². The molecule has 1 aliphatic carbocycles. The van der Waals surface area contributed by atoms with E-state index in [1.165, 1.54) is 11.1 Å². The minimum absolute atomic E-state index is 0.132. The minimum Gasteiger partial charge on any atom is -0.480 e. The molecule has 1 aromatic carbocycles. The molecule has 120 valence electrons. The number of fused-ring (bicyclic) bond motifs is 1. The van der Waals surface area contributed by atoms with Crippen LogP contribution in [0.4, 0.5) is 0 Å². The normalized spacial score (nSPS) is 18.3. The van der Waals surface area contributed by atoms with E-state index in [1.54, 1.807) is 0 Å². The van der Waals surface area contributed by atoms with Crippen LogP contribution in [0.5, 0.6) is 0 Å². The lowest BCUT2D eigenvalue weighted by Gasteiger charge is -2.24. The van der Waals surface area contributed by atoms with Crippen molar-refractivity contribution in [1.29, 1.82) is 0 Å². The second kappa shape index (κ2) is 7.97. The van der Waals surface area contributed by atoms with Gasteiger partial charge in [-0.1, -0.05) is 44.0 Å². The minimum atomic E-state index is -0.934. The molecule has 0 aromatic heterocycles. The Morgan fingerprint density at radius 3 is 2.73 bits per heavy atom. The fraction of sp³-hybridized carbons (Fsp3) is 0.556. The van der Waals surface area contributed by atoms with Crippen molar-refractivity contribution in [2.45, 2.75) is 57.9 Å². The van der Waals surface area contributed by atoms with Crippen LogP contribution in [-0.2, 0) is 22.4 Å². The number of hydrogen-bond donors (Lipinski definition) is 2. The molecule has 4 nitrogen and oxygen atoms in total. The topological polar surface area (TPSA) is 66.4 Å². The Bertz CT molecular complexity index is 527. The van der Waals surface area contributed by atoms with E-state index in [4.69, 9.17) is 0 Å². The molecule has 1 aromatic rings. The van der Waals surface area contributed by atoms with Gasteiger partial charge in [-0.05, 0) is 42.7 Å². The lowest BCUT2D eigenvalue weighted by Crippen LogP contribution is -2.41. The number of aryl methyl sites for hydroxylation is 1. The Kier molecular flexibility index (Phi) is 5.99. The molecular weight excluding hydrogens is 278 g/mol. The number of carboxylic acid groups (broad SMARTS) is 1. The Labute approximate surface area is 131 Å². The summed E-state index contributed by atoms with van der Waals surface area (Å²) in [6, 6.07) is 7.62. The molecule has 0 spiro atoms. The molecule has 0 heterocycles. The lowest BCUT2D eigenvalue weighted by atomic mass is 9.82. The molecule has 4 heteroatoms. The van der Waals surface area contributed by atoms with Gasteiger partial charge in [-0.3, -0.25) is 4.79 Å². The number of amides is 1. The zero-order chi connectivity index (χ0) is 15.9. The highest BCUT2D eigenvalue weighted by atomic mass is 16.4. The fourth-order valence-electron chi connectivity index (χ4n) is 3.13. The molecule has 1 unspecified atom stereocenters. The first-order chi connectivity index (χ1) is 10.6. The van der Waals surface area contributed by atoms with Gasteiger partial charge in [0.25, 0.3) is 0 Å². The Balaban J connectivity index is 1.86. The average molecular weight is 303 g/mol. The highest BCUT2D eigenvalue weighted by Crippen LogP contribution is 2.27. The van der Waals surface area contributed by atoms with E-state index in [2.05, 4.69) is 23.5 Å². The van der Waals surface area contributed by atoms with E-state index >= 15 is 0 Å². The molecule has 22 heavy (non-hydrogen) atoms. The fourth-order valence-corrected chi connectivity index (χ4v) is 3.13. The van der Waals surface area contributed by atoms with E-state index in [-0.39, 0.29) is 5.91 Å². The van der Waals surface area contributed by atoms with Crippen LogP contribution in [0.15, 0.2) is 24.3 Å². The lowest BCUT2D eigenvalue weighted by molar-refractivity contribution is -0.142. The summed E-state index contributed by atoms with van der Waals surface area (Å²) in [5.41, 5.74) is 2.71. The summed E-state index contributed by atoms with van der Waals surface area (Å²) in [5, 5.41) is 11.9. The highest BCUT2D eigenvalue weighted by molar-refractivity contribution is 5.83. The number of hydrogen-bond acceptors (Lipinski definition) is 2. The number of carbonyl (C=O) groups excluding carboxylic acids is 1. The van der Waals surface area contributed by atoms with Gasteiger partial charge in [0.2, 0.25) is 5.91 Å². The van der Waals surface area contributed by atoms with Crippen molar-refractivity contribution in [3.8, 4) is 0 Å². The molecule has 0 aliphatic heterocycles. The van der Waals surface area contributed by atoms with Gasteiger partial charge in [-0.2, -0.15) is 0 Å². The molecule has 2 atom stereocenters. The van der Waals surface area contributed by atoms with Gasteiger partial charge in [0, 0.05) is 6.42 Å². The van der Waals surface area contributed by atoms with E-state index in [0.29, 0.717) is 18.8 Å². The maximum Gasteiger partial charge on any atom is 0.326 e. The summed E-state index contributed by atoms with van der Waals surface area (Å²) in [6.45, 7) is 2.01. The third kappa shape index (κ3) is 4.58. The number of nitrogens with one attached hydrogen (secondary N) is 1. The largest absolute Gasteiger partial charge is 0.480 e. The predicted octanol–water partition coefficient (Wildman–Crippen LogP) is 2.94. The summed E-state index contributed by atoms with van der Waals surface area (Å²) < 4.78 is 0. The highest BCUT2D eigenvalue weighted by Gasteiger charge is 2.24. The van der Waals surface area contributed by atoms with Crippen LogP contribution in [0, 0.1) is 5.92 Å². The molecule has 2 N–H and O–H groups in total. The number of unbranched alkanes of at least 4 members (excludes halogenated alkanes) is 1. The standard InChI is InChI=1S/C18H25NO3/c1-2-3-8-16(18(21)22)19-17(20)12-13-9-10-14-6-4-5-7-15(14)11-13/h4-7,13,16H,2-3,8-12H2,1H3,(H,19,20)(H,21,22)/t13?,16-/m0/s1. The van der Waals surface area contributed by atoms with Crippen molar-refractivity contribution < 1.29 is 14.7 Å². The first-order valence-corrected chi connectivity index (χ1v) is 8.19. The zero-order valence-corrected chi connectivity index (χ0v) is 13.2. The van der Waals surface area contributed by atoms with Crippen molar-refractivity contribution in [2.75, 3.05) is 0 Å². The number of carboxylic acids is 1. The average Bonchev–Trinajstić information content (AvgIpc) is 2.51. The first kappa shape index (κ1) is 16.5. The molecule has 0 radical (unpaired) electrons. The summed E-state index contributed by atoms with van der Waals surface area (Å²) >= 11 is 0. The van der Waals surface area contributed by atoms with Crippen LogP contribution in [0.1, 0.15) is 50.2 Å². The van der Waals surface area contributed by atoms with E-state index in [0.717, 1.165) is 32.1 Å². The van der Waals surface area contributed by atoms with Gasteiger partial charge >= 0.3 is 5.97 Å². The van der Waals surface area contributed by atoms with Crippen molar-refractivity contribution in [2.24, 2.45) is 5.92 Å². The number of aliphatic carboxylic acids is 1. The second-order valence-electron chi connectivity index (χ2n) is 6.18. The Morgan fingerprint density at radius 2 is 2.05 bits per heavy atom. The van der Waals surface area contributed by atoms with Crippen LogP contribution in [0.2, 0.25) is 0 Å². The first-order valence-electron chi connectivity index (χ1n) is 8.19. The van der Waals surface area contributed by atoms with Gasteiger partial charge in [-0.25, -0.2) is 4.79 Å². The summed E-state index contributed by atoms with van der Waals surface area (Å²) in [4.78, 5) is 23.3. The number of carbonyl (C=O) groups is 2. The zero-order valence-electron chi connectivity index (χ0n) is 13.2. The second-order valence-corrected chi connectivity index (χ2v) is 6.18. The van der Waals surface area contributed by atoms with E-state index < -0.39 is 12.0 Å². The third-order valence-electron chi connectivity index (χ3n) is 4.40. The van der Waals surface area contributed by atoms with Gasteiger partial charge in [0.15, 0.2) is 0 Å². The molecular formula is C18H25NO3. The summed E-state index contributed by atoms with van der Waals surface area (Å²) in [6.07, 6.45) is 5.59. The monoisotopic (exact) mass is 303 g/mol. The molecule has 2 rings (SSSR count). The van der Waals surface area contributed by atoms with E-state index in [9.17, 15) is 14.7 Å². The number of rotatable bonds is 7. The summed E-state index contributed by atoms with van der Waals surface area (Å²) in [7, 11) is 0. The van der Waals surface area contributed by atoms with Crippen molar-refractivity contribution in [1.82, 2.24) is 5.32 Å². The van der Waals surface area contributed by atoms with Crippen molar-refractivity contribution >= 4 is 11.9 Å². The predicted molar refractivity (Wildman–Crippen MR) is 85.7 cm³/mol. The number of benzene rings is 1. The maximum absolute atomic E-state index is 12.1. The van der Waals surface area contributed by atoms with Gasteiger partial charge < -0.3 is 10.4 Å². The van der Waals surface area contributed by atoms with Crippen molar-refractivity contribution in [3.05, 3.63) is 35.4 Å². The van der Waals surface area contributed by atoms with Gasteiger partial charge in [0.05, 0.1) is 0 Å². The molecule has 0 saturated heterocycles. The molecule has 1 aliphatic rings. The maximum atomic E-state index is 12.1. The quantitative estimate of drug-likeness (QED) is 0.814. The Morgan fingerprint density at radius 1 is 1.32 bits per heavy atom. The van der Waals surface area contributed by atoms with Crippen molar-refractivity contribution in [3.63, 3.8) is 0 Å². The van der Waals surface area contributed by atoms with Crippen LogP contribution in [-0.4, -0.2) is 23.0 Å². The van der Waals surface area contributed by atoms with Gasteiger partial charge in [0.1, 0.15) is 6.04 Å². The summed E-state index contributed by atoms with van der Waals surface area (Å²) in [5.74, 6) is -0.751. The smallest absolute Gasteiger partial charge is 0.326 e. The van der Waals surface area contributed by atoms with Gasteiger partial charge in [-0.15, -0.1) is 0 Å². The molecule has 0 fully saturated rings. The van der Waals surface area contributed by atoms with Crippen LogP contribution in [0.3, 0.4) is 0 Å². The molecule has 1 amide bonds. The third-order valence-corrected chi connectivity index (χ3v) is 4.40.